The van der Waals surface area contributed by atoms with Crippen LogP contribution < -0.4 is 11.1 Å². The molecule has 0 spiro atoms. The van der Waals surface area contributed by atoms with Gasteiger partial charge in [0.2, 0.25) is 0 Å². The van der Waals surface area contributed by atoms with Gasteiger partial charge in [-0.15, -0.1) is 0 Å². The fraction of sp³-hybridized carbons (Fsp3) is 0.0769. The minimum atomic E-state index is -0.184. The number of nitrogens with zero attached hydrogens (tertiary/aromatic N) is 1. The number of nitrogens with one attached hydrogen (secondary N) is 1. The van der Waals surface area contributed by atoms with Crippen molar-refractivity contribution in [3.8, 4) is 0 Å². The van der Waals surface area contributed by atoms with Gasteiger partial charge in [-0.1, -0.05) is 23.7 Å². The molecule has 0 saturated heterocycles. The van der Waals surface area contributed by atoms with Gasteiger partial charge in [-0.05, 0) is 29.8 Å². The van der Waals surface area contributed by atoms with E-state index >= 15 is 0 Å². The molecule has 0 aliphatic rings. The van der Waals surface area contributed by atoms with E-state index in [-0.39, 0.29) is 5.91 Å². The van der Waals surface area contributed by atoms with Crippen LogP contribution in [-0.2, 0) is 6.54 Å². The summed E-state index contributed by atoms with van der Waals surface area (Å²) in [6.45, 7) is 0.446. The van der Waals surface area contributed by atoms with E-state index in [9.17, 15) is 4.79 Å². The third-order valence-corrected chi connectivity index (χ3v) is 2.65. The number of halogens is 1. The van der Waals surface area contributed by atoms with Crippen molar-refractivity contribution in [2.24, 2.45) is 0 Å². The molecule has 0 fully saturated rings. The van der Waals surface area contributed by atoms with Crippen molar-refractivity contribution in [1.29, 1.82) is 0 Å². The highest BCUT2D eigenvalue weighted by Crippen LogP contribution is 2.07. The topological polar surface area (TPSA) is 68.0 Å². The van der Waals surface area contributed by atoms with E-state index in [1.54, 1.807) is 24.3 Å². The lowest BCUT2D eigenvalue weighted by Crippen LogP contribution is -2.22. The van der Waals surface area contributed by atoms with Gasteiger partial charge in [0.15, 0.2) is 0 Å². The van der Waals surface area contributed by atoms with Gasteiger partial charge in [-0.2, -0.15) is 0 Å². The Kier molecular flexibility index (Phi) is 3.79. The zero-order valence-corrected chi connectivity index (χ0v) is 10.3. The summed E-state index contributed by atoms with van der Waals surface area (Å²) in [4.78, 5) is 15.6. The molecule has 1 heterocycles. The molecule has 1 aromatic carbocycles. The number of nitrogen functional groups attached to an aromatic ring is 1. The fourth-order valence-electron chi connectivity index (χ4n) is 1.43. The molecule has 2 rings (SSSR count). The van der Waals surface area contributed by atoms with E-state index in [1.807, 2.05) is 12.1 Å². The highest BCUT2D eigenvalue weighted by molar-refractivity contribution is 6.29. The molecule has 4 nitrogen and oxygen atoms in total. The van der Waals surface area contributed by atoms with Gasteiger partial charge in [-0.3, -0.25) is 4.79 Å². The van der Waals surface area contributed by atoms with E-state index in [4.69, 9.17) is 17.3 Å². The fourth-order valence-corrected chi connectivity index (χ4v) is 1.54. The predicted octanol–water partition coefficient (Wildman–Crippen LogP) is 2.25. The maximum Gasteiger partial charge on any atom is 0.253 e. The van der Waals surface area contributed by atoms with Gasteiger partial charge in [0, 0.05) is 18.4 Å². The largest absolute Gasteiger partial charge is 0.399 e. The molecule has 3 N–H and O–H groups in total. The van der Waals surface area contributed by atoms with Crippen molar-refractivity contribution in [2.75, 3.05) is 5.73 Å². The van der Waals surface area contributed by atoms with Crippen LogP contribution in [0.15, 0.2) is 42.6 Å². The molecular formula is C13H12ClN3O. The van der Waals surface area contributed by atoms with Crippen LogP contribution in [0.1, 0.15) is 15.9 Å². The Morgan fingerprint density at radius 1 is 1.22 bits per heavy atom. The Bertz CT molecular complexity index is 537. The van der Waals surface area contributed by atoms with Crippen molar-refractivity contribution in [2.45, 2.75) is 6.54 Å². The summed E-state index contributed by atoms with van der Waals surface area (Å²) in [7, 11) is 0. The quantitative estimate of drug-likeness (QED) is 0.658. The minimum Gasteiger partial charge on any atom is -0.399 e. The number of amides is 1. The van der Waals surface area contributed by atoms with Crippen LogP contribution in [0.3, 0.4) is 0 Å². The number of anilines is 1. The van der Waals surface area contributed by atoms with E-state index < -0.39 is 0 Å². The minimum absolute atomic E-state index is 0.184. The Morgan fingerprint density at radius 3 is 2.56 bits per heavy atom. The van der Waals surface area contributed by atoms with Gasteiger partial charge < -0.3 is 11.1 Å². The predicted molar refractivity (Wildman–Crippen MR) is 71.3 cm³/mol. The first-order valence-electron chi connectivity index (χ1n) is 5.39. The summed E-state index contributed by atoms with van der Waals surface area (Å²) in [5, 5.41) is 3.16. The molecule has 5 heteroatoms. The van der Waals surface area contributed by atoms with Gasteiger partial charge in [0.1, 0.15) is 5.15 Å². The summed E-state index contributed by atoms with van der Waals surface area (Å²) in [6.07, 6.45) is 1.45. The number of aromatic nitrogens is 1. The monoisotopic (exact) mass is 261 g/mol. The Labute approximate surface area is 110 Å². The lowest BCUT2D eigenvalue weighted by molar-refractivity contribution is 0.0950. The first-order chi connectivity index (χ1) is 8.65. The molecule has 92 valence electrons. The van der Waals surface area contributed by atoms with Crippen molar-refractivity contribution < 1.29 is 4.79 Å². The normalized spacial score (nSPS) is 10.1. The molecule has 1 aromatic heterocycles. The molecular weight excluding hydrogens is 250 g/mol. The van der Waals surface area contributed by atoms with Gasteiger partial charge >= 0.3 is 0 Å². The van der Waals surface area contributed by atoms with Crippen LogP contribution in [0, 0.1) is 0 Å². The SMILES string of the molecule is Nc1ccc(CNC(=O)c2ccc(Cl)nc2)cc1. The maximum atomic E-state index is 11.8. The molecule has 0 unspecified atom stereocenters. The van der Waals surface area contributed by atoms with Gasteiger partial charge in [0.05, 0.1) is 5.56 Å². The van der Waals surface area contributed by atoms with E-state index in [0.717, 1.165) is 5.56 Å². The highest BCUT2D eigenvalue weighted by atomic mass is 35.5. The summed E-state index contributed by atoms with van der Waals surface area (Å²) in [6, 6.07) is 10.6. The van der Waals surface area contributed by atoms with Gasteiger partial charge in [-0.25, -0.2) is 4.98 Å². The number of pyridine rings is 1. The molecule has 0 aliphatic carbocycles. The van der Waals surface area contributed by atoms with Crippen molar-refractivity contribution in [3.05, 3.63) is 58.9 Å². The Morgan fingerprint density at radius 2 is 1.94 bits per heavy atom. The lowest BCUT2D eigenvalue weighted by Gasteiger charge is -2.05. The average Bonchev–Trinajstić information content (AvgIpc) is 2.38. The number of nitrogens with two attached hydrogens (primary N) is 1. The van der Waals surface area contributed by atoms with Crippen molar-refractivity contribution in [3.63, 3.8) is 0 Å². The summed E-state index contributed by atoms with van der Waals surface area (Å²) in [5.74, 6) is -0.184. The smallest absolute Gasteiger partial charge is 0.253 e. The zero-order chi connectivity index (χ0) is 13.0. The summed E-state index contributed by atoms with van der Waals surface area (Å²) < 4.78 is 0. The van der Waals surface area contributed by atoms with Crippen LogP contribution in [0.5, 0.6) is 0 Å². The standard InChI is InChI=1S/C13H12ClN3O/c14-12-6-3-10(8-16-12)13(18)17-7-9-1-4-11(15)5-2-9/h1-6,8H,7,15H2,(H,17,18). The second-order valence-corrected chi connectivity index (χ2v) is 4.18. The number of carbonyl (C=O) groups is 1. The second kappa shape index (κ2) is 5.51. The zero-order valence-electron chi connectivity index (χ0n) is 9.56. The van der Waals surface area contributed by atoms with E-state index in [1.165, 1.54) is 6.20 Å². The number of rotatable bonds is 3. The number of hydrogen-bond acceptors (Lipinski definition) is 3. The first kappa shape index (κ1) is 12.4. The van der Waals surface area contributed by atoms with Crippen LogP contribution >= 0.6 is 11.6 Å². The second-order valence-electron chi connectivity index (χ2n) is 3.79. The molecule has 0 atom stereocenters. The highest BCUT2D eigenvalue weighted by Gasteiger charge is 2.05. The molecule has 1 amide bonds. The number of carbonyl (C=O) groups excluding carboxylic acids is 1. The van der Waals surface area contributed by atoms with Gasteiger partial charge in [0.25, 0.3) is 5.91 Å². The van der Waals surface area contributed by atoms with Crippen LogP contribution in [0.25, 0.3) is 0 Å². The third-order valence-electron chi connectivity index (χ3n) is 2.42. The van der Waals surface area contributed by atoms with E-state index in [0.29, 0.717) is 22.9 Å². The molecule has 0 aliphatic heterocycles. The number of benzene rings is 1. The maximum absolute atomic E-state index is 11.8. The molecule has 2 aromatic rings. The van der Waals surface area contributed by atoms with Crippen molar-refractivity contribution >= 4 is 23.2 Å². The Hall–Kier alpha value is -2.07. The summed E-state index contributed by atoms with van der Waals surface area (Å²) in [5.41, 5.74) is 7.75. The van der Waals surface area contributed by atoms with Crippen LogP contribution in [0.4, 0.5) is 5.69 Å². The molecule has 0 radical (unpaired) electrons. The summed E-state index contributed by atoms with van der Waals surface area (Å²) >= 11 is 5.65. The molecule has 18 heavy (non-hydrogen) atoms. The third kappa shape index (κ3) is 3.21. The van der Waals surface area contributed by atoms with Crippen LogP contribution in [-0.4, -0.2) is 10.9 Å². The van der Waals surface area contributed by atoms with Crippen LogP contribution in [0.2, 0.25) is 5.15 Å². The van der Waals surface area contributed by atoms with E-state index in [2.05, 4.69) is 10.3 Å². The van der Waals surface area contributed by atoms with Crippen molar-refractivity contribution in [1.82, 2.24) is 10.3 Å². The lowest BCUT2D eigenvalue weighted by atomic mass is 10.2. The number of hydrogen-bond donors (Lipinski definition) is 2. The average molecular weight is 262 g/mol. The first-order valence-corrected chi connectivity index (χ1v) is 5.77. The molecule has 0 bridgehead atoms. The molecule has 0 saturated carbocycles. The Balaban J connectivity index is 1.96.